The first-order chi connectivity index (χ1) is 8.97. The first-order valence-corrected chi connectivity index (χ1v) is 5.70. The van der Waals surface area contributed by atoms with Crippen LogP contribution in [0.4, 0.5) is 8.78 Å². The lowest BCUT2D eigenvalue weighted by molar-refractivity contribution is 0.402. The van der Waals surface area contributed by atoms with Crippen LogP contribution < -0.4 is 10.3 Å². The van der Waals surface area contributed by atoms with E-state index < -0.39 is 17.2 Å². The standard InChI is InChI=1S/C13H12F2N2O2/c1-7(2)13-16-10(18)6-11(17-13)19-9-5-3-4-8(14)12(9)15/h3-7H,1-2H3,(H,16,17,18). The molecule has 2 aromatic rings. The average Bonchev–Trinajstić information content (AvgIpc) is 2.34. The summed E-state index contributed by atoms with van der Waals surface area (Å²) >= 11 is 0. The van der Waals surface area contributed by atoms with E-state index in [0.29, 0.717) is 5.82 Å². The fourth-order valence-corrected chi connectivity index (χ4v) is 1.45. The van der Waals surface area contributed by atoms with Crippen molar-refractivity contribution in [2.45, 2.75) is 19.8 Å². The molecule has 1 aromatic heterocycles. The van der Waals surface area contributed by atoms with Crippen LogP contribution in [0.5, 0.6) is 11.6 Å². The van der Waals surface area contributed by atoms with E-state index >= 15 is 0 Å². The largest absolute Gasteiger partial charge is 0.436 e. The summed E-state index contributed by atoms with van der Waals surface area (Å²) in [4.78, 5) is 18.0. The molecular weight excluding hydrogens is 254 g/mol. The molecule has 0 amide bonds. The number of rotatable bonds is 3. The van der Waals surface area contributed by atoms with Crippen LogP contribution in [0.3, 0.4) is 0 Å². The number of hydrogen-bond donors (Lipinski definition) is 1. The van der Waals surface area contributed by atoms with Gasteiger partial charge < -0.3 is 9.72 Å². The summed E-state index contributed by atoms with van der Waals surface area (Å²) in [7, 11) is 0. The fraction of sp³-hybridized carbons (Fsp3) is 0.231. The second-order valence-electron chi connectivity index (χ2n) is 4.28. The molecule has 0 aliphatic heterocycles. The lowest BCUT2D eigenvalue weighted by atomic mass is 10.2. The van der Waals surface area contributed by atoms with Crippen LogP contribution in [-0.2, 0) is 0 Å². The molecular formula is C13H12F2N2O2. The van der Waals surface area contributed by atoms with Gasteiger partial charge in [0.2, 0.25) is 11.7 Å². The molecule has 19 heavy (non-hydrogen) atoms. The zero-order chi connectivity index (χ0) is 14.0. The molecule has 0 fully saturated rings. The predicted molar refractivity (Wildman–Crippen MR) is 65.4 cm³/mol. The van der Waals surface area contributed by atoms with Crippen molar-refractivity contribution < 1.29 is 13.5 Å². The number of ether oxygens (including phenoxy) is 1. The Hall–Kier alpha value is -2.24. The number of hydrogen-bond acceptors (Lipinski definition) is 3. The zero-order valence-electron chi connectivity index (χ0n) is 10.4. The molecule has 0 radical (unpaired) electrons. The lowest BCUT2D eigenvalue weighted by Crippen LogP contribution is -2.12. The SMILES string of the molecule is CC(C)c1nc(Oc2cccc(F)c2F)cc(=O)[nH]1. The summed E-state index contributed by atoms with van der Waals surface area (Å²) in [5.41, 5.74) is -0.412. The number of halogens is 2. The molecule has 0 aliphatic rings. The van der Waals surface area contributed by atoms with Gasteiger partial charge in [-0.2, -0.15) is 9.37 Å². The Morgan fingerprint density at radius 3 is 2.74 bits per heavy atom. The van der Waals surface area contributed by atoms with Crippen molar-refractivity contribution in [2.75, 3.05) is 0 Å². The van der Waals surface area contributed by atoms with E-state index in [4.69, 9.17) is 4.74 Å². The second-order valence-corrected chi connectivity index (χ2v) is 4.28. The smallest absolute Gasteiger partial charge is 0.254 e. The summed E-state index contributed by atoms with van der Waals surface area (Å²) in [6, 6.07) is 4.63. The highest BCUT2D eigenvalue weighted by molar-refractivity contribution is 5.29. The van der Waals surface area contributed by atoms with Gasteiger partial charge in [-0.15, -0.1) is 0 Å². The van der Waals surface area contributed by atoms with Crippen LogP contribution in [0.25, 0.3) is 0 Å². The minimum absolute atomic E-state index is 0.0198. The third-order valence-corrected chi connectivity index (χ3v) is 2.41. The number of nitrogens with one attached hydrogen (secondary N) is 1. The molecule has 1 heterocycles. The maximum absolute atomic E-state index is 13.4. The quantitative estimate of drug-likeness (QED) is 0.929. The summed E-state index contributed by atoms with van der Waals surface area (Å²) in [6.45, 7) is 3.68. The maximum Gasteiger partial charge on any atom is 0.254 e. The molecule has 0 aliphatic carbocycles. The molecule has 0 saturated carbocycles. The Kier molecular flexibility index (Phi) is 3.59. The van der Waals surface area contributed by atoms with E-state index in [0.717, 1.165) is 12.1 Å². The summed E-state index contributed by atoms with van der Waals surface area (Å²) in [6.07, 6.45) is 0. The van der Waals surface area contributed by atoms with Crippen molar-refractivity contribution in [1.82, 2.24) is 9.97 Å². The first kappa shape index (κ1) is 13.2. The van der Waals surface area contributed by atoms with Crippen molar-refractivity contribution >= 4 is 0 Å². The number of H-pyrrole nitrogens is 1. The number of aromatic amines is 1. The van der Waals surface area contributed by atoms with Crippen LogP contribution in [0, 0.1) is 11.6 Å². The average molecular weight is 266 g/mol. The van der Waals surface area contributed by atoms with Gasteiger partial charge in [-0.3, -0.25) is 4.79 Å². The van der Waals surface area contributed by atoms with Gasteiger partial charge in [0.05, 0.1) is 6.07 Å². The van der Waals surface area contributed by atoms with Gasteiger partial charge in [-0.25, -0.2) is 4.39 Å². The van der Waals surface area contributed by atoms with E-state index in [-0.39, 0.29) is 17.5 Å². The molecule has 4 nitrogen and oxygen atoms in total. The molecule has 0 atom stereocenters. The normalized spacial score (nSPS) is 10.8. The molecule has 1 aromatic carbocycles. The summed E-state index contributed by atoms with van der Waals surface area (Å²) in [5, 5.41) is 0. The molecule has 0 spiro atoms. The van der Waals surface area contributed by atoms with Gasteiger partial charge >= 0.3 is 0 Å². The van der Waals surface area contributed by atoms with Crippen LogP contribution in [0.1, 0.15) is 25.6 Å². The van der Waals surface area contributed by atoms with Gasteiger partial charge in [0.15, 0.2) is 11.6 Å². The van der Waals surface area contributed by atoms with Gasteiger partial charge in [0, 0.05) is 5.92 Å². The first-order valence-electron chi connectivity index (χ1n) is 5.70. The van der Waals surface area contributed by atoms with Crippen molar-refractivity contribution in [3.8, 4) is 11.6 Å². The van der Waals surface area contributed by atoms with E-state index in [9.17, 15) is 13.6 Å². The topological polar surface area (TPSA) is 55.0 Å². The molecule has 0 bridgehead atoms. The molecule has 0 saturated heterocycles. The maximum atomic E-state index is 13.4. The highest BCUT2D eigenvalue weighted by atomic mass is 19.2. The van der Waals surface area contributed by atoms with Crippen LogP contribution in [0.2, 0.25) is 0 Å². The van der Waals surface area contributed by atoms with Crippen molar-refractivity contribution in [3.05, 3.63) is 52.1 Å². The highest BCUT2D eigenvalue weighted by Crippen LogP contribution is 2.24. The Morgan fingerprint density at radius 2 is 2.05 bits per heavy atom. The Labute approximate surface area is 108 Å². The molecule has 1 N–H and O–H groups in total. The van der Waals surface area contributed by atoms with E-state index in [2.05, 4.69) is 9.97 Å². The number of aromatic nitrogens is 2. The van der Waals surface area contributed by atoms with Crippen molar-refractivity contribution in [3.63, 3.8) is 0 Å². The van der Waals surface area contributed by atoms with E-state index in [1.54, 1.807) is 0 Å². The third-order valence-electron chi connectivity index (χ3n) is 2.41. The van der Waals surface area contributed by atoms with Crippen molar-refractivity contribution in [2.24, 2.45) is 0 Å². The fourth-order valence-electron chi connectivity index (χ4n) is 1.45. The second kappa shape index (κ2) is 5.17. The minimum atomic E-state index is -1.12. The monoisotopic (exact) mass is 266 g/mol. The molecule has 2 rings (SSSR count). The molecule has 100 valence electrons. The Bertz CT molecular complexity index is 653. The Morgan fingerprint density at radius 1 is 1.32 bits per heavy atom. The zero-order valence-corrected chi connectivity index (χ0v) is 10.4. The number of benzene rings is 1. The van der Waals surface area contributed by atoms with Gasteiger partial charge in [0.1, 0.15) is 5.82 Å². The highest BCUT2D eigenvalue weighted by Gasteiger charge is 2.12. The lowest BCUT2D eigenvalue weighted by Gasteiger charge is -2.08. The van der Waals surface area contributed by atoms with Crippen LogP contribution >= 0.6 is 0 Å². The van der Waals surface area contributed by atoms with E-state index in [1.165, 1.54) is 12.1 Å². The Balaban J connectivity index is 2.38. The molecule has 0 unspecified atom stereocenters. The van der Waals surface area contributed by atoms with E-state index in [1.807, 2.05) is 13.8 Å². The number of nitrogens with zero attached hydrogens (tertiary/aromatic N) is 1. The van der Waals surface area contributed by atoms with Gasteiger partial charge in [0.25, 0.3) is 5.56 Å². The molecule has 6 heteroatoms. The third kappa shape index (κ3) is 2.96. The predicted octanol–water partition coefficient (Wildman–Crippen LogP) is 2.96. The minimum Gasteiger partial charge on any atom is -0.436 e. The summed E-state index contributed by atoms with van der Waals surface area (Å²) < 4.78 is 31.6. The van der Waals surface area contributed by atoms with Gasteiger partial charge in [-0.1, -0.05) is 19.9 Å². The summed E-state index contributed by atoms with van der Waals surface area (Å²) in [5.74, 6) is -2.13. The van der Waals surface area contributed by atoms with Crippen LogP contribution in [0.15, 0.2) is 29.1 Å². The van der Waals surface area contributed by atoms with Gasteiger partial charge in [-0.05, 0) is 12.1 Å². The van der Waals surface area contributed by atoms with Crippen LogP contribution in [-0.4, -0.2) is 9.97 Å². The van der Waals surface area contributed by atoms with Crippen molar-refractivity contribution in [1.29, 1.82) is 0 Å².